The number of aldehydes is 1. The molecule has 0 aliphatic rings. The minimum Gasteiger partial charge on any atom is -0.364 e. The van der Waals surface area contributed by atoms with Gasteiger partial charge in [-0.15, -0.1) is 0 Å². The van der Waals surface area contributed by atoms with Gasteiger partial charge in [0.15, 0.2) is 0 Å². The zero-order valence-corrected chi connectivity index (χ0v) is 14.5. The second-order valence-electron chi connectivity index (χ2n) is 4.18. The lowest BCUT2D eigenvalue weighted by Gasteiger charge is -2.18. The molecular weight excluding hydrogens is 330 g/mol. The summed E-state index contributed by atoms with van der Waals surface area (Å²) in [6.45, 7) is 10.7. The van der Waals surface area contributed by atoms with Crippen LogP contribution < -0.4 is 16.0 Å². The summed E-state index contributed by atoms with van der Waals surface area (Å²) in [6, 6.07) is 0. The molecule has 0 bridgehead atoms. The minimum absolute atomic E-state index is 0.0147. The largest absolute Gasteiger partial charge is 0.364 e. The molecule has 142 valence electrons. The van der Waals surface area contributed by atoms with Crippen LogP contribution in [0.5, 0.6) is 0 Å². The lowest BCUT2D eigenvalue weighted by atomic mass is 10.4. The van der Waals surface area contributed by atoms with E-state index < -0.39 is 0 Å². The normalized spacial score (nSPS) is 10.4. The summed E-state index contributed by atoms with van der Waals surface area (Å²) in [5.74, 6) is -0.652. The first-order valence-corrected chi connectivity index (χ1v) is 7.34. The maximum Gasteiger partial charge on any atom is 0.245 e. The van der Waals surface area contributed by atoms with Crippen molar-refractivity contribution < 1.29 is 28.6 Å². The second kappa shape index (κ2) is 19.7. The lowest BCUT2D eigenvalue weighted by molar-refractivity contribution is -0.123. The first-order chi connectivity index (χ1) is 12.0. The maximum atomic E-state index is 11.0. The number of hydrogen-bond donors (Lipinski definition) is 3. The molecule has 0 saturated carbocycles. The molecule has 0 fully saturated rings. The van der Waals surface area contributed by atoms with Gasteiger partial charge in [-0.2, -0.15) is 0 Å². The number of hydrogen-bond acceptors (Lipinski definition) is 7. The van der Waals surface area contributed by atoms with Crippen molar-refractivity contribution in [2.45, 2.75) is 6.10 Å². The van der Waals surface area contributed by atoms with Crippen molar-refractivity contribution in [3.63, 3.8) is 0 Å². The summed E-state index contributed by atoms with van der Waals surface area (Å²) in [4.78, 5) is 31.0. The lowest BCUT2D eigenvalue weighted by Crippen LogP contribution is -2.35. The molecule has 25 heavy (non-hydrogen) atoms. The second-order valence-corrected chi connectivity index (χ2v) is 4.18. The topological polar surface area (TPSA) is 115 Å². The third kappa shape index (κ3) is 19.6. The molecule has 0 saturated heterocycles. The van der Waals surface area contributed by atoms with Gasteiger partial charge in [0, 0.05) is 0 Å². The van der Waals surface area contributed by atoms with Crippen molar-refractivity contribution in [2.75, 3.05) is 40.5 Å². The zero-order valence-electron chi connectivity index (χ0n) is 14.5. The average Bonchev–Trinajstić information content (AvgIpc) is 2.64. The molecule has 0 aromatic heterocycles. The number of carbonyl (C=O) groups is 3. The molecular formula is C16H27N3O6. The van der Waals surface area contributed by atoms with E-state index in [1.807, 2.05) is 0 Å². The number of allylic oxidation sites excluding steroid dienone is 1. The van der Waals surface area contributed by atoms with Crippen molar-refractivity contribution in [3.05, 3.63) is 38.0 Å². The highest BCUT2D eigenvalue weighted by molar-refractivity contribution is 5.86. The predicted molar refractivity (Wildman–Crippen MR) is 93.4 cm³/mol. The Kier molecular flexibility index (Phi) is 19.7. The molecule has 2 amide bonds. The van der Waals surface area contributed by atoms with Crippen LogP contribution in [0.1, 0.15) is 0 Å². The Morgan fingerprint density at radius 1 is 0.960 bits per heavy atom. The van der Waals surface area contributed by atoms with E-state index in [2.05, 4.69) is 35.7 Å². The molecule has 0 aliphatic heterocycles. The van der Waals surface area contributed by atoms with Gasteiger partial charge in [-0.05, 0) is 25.3 Å². The summed E-state index contributed by atoms with van der Waals surface area (Å²) < 4.78 is 15.9. The van der Waals surface area contributed by atoms with Crippen LogP contribution in [-0.2, 0) is 28.6 Å². The number of amides is 2. The third-order valence-corrected chi connectivity index (χ3v) is 2.23. The van der Waals surface area contributed by atoms with E-state index in [-0.39, 0.29) is 44.6 Å². The van der Waals surface area contributed by atoms with E-state index in [4.69, 9.17) is 19.0 Å². The van der Waals surface area contributed by atoms with Gasteiger partial charge in [0.25, 0.3) is 0 Å². The van der Waals surface area contributed by atoms with Gasteiger partial charge in [-0.3, -0.25) is 19.7 Å². The van der Waals surface area contributed by atoms with Gasteiger partial charge in [-0.1, -0.05) is 19.7 Å². The molecule has 0 rings (SSSR count). The van der Waals surface area contributed by atoms with Crippen LogP contribution >= 0.6 is 0 Å². The Labute approximate surface area is 148 Å². The molecule has 9 heteroatoms. The minimum atomic E-state index is -0.385. The Bertz CT molecular complexity index is 409. The van der Waals surface area contributed by atoms with Crippen molar-refractivity contribution >= 4 is 18.1 Å². The average molecular weight is 357 g/mol. The van der Waals surface area contributed by atoms with Crippen LogP contribution in [-0.4, -0.2) is 64.7 Å². The molecule has 0 spiro atoms. The van der Waals surface area contributed by atoms with E-state index in [0.29, 0.717) is 13.0 Å². The summed E-state index contributed by atoms with van der Waals surface area (Å²) in [7, 11) is 1.75. The van der Waals surface area contributed by atoms with Gasteiger partial charge >= 0.3 is 0 Å². The monoisotopic (exact) mass is 357 g/mol. The molecule has 1 unspecified atom stereocenters. The number of nitrogens with one attached hydrogen (secondary N) is 3. The molecule has 9 nitrogen and oxygen atoms in total. The SMILES string of the molecule is C=CC(=O)NCOCC(COCNC)OCNC(=O)C=C.C=CC=O. The highest BCUT2D eigenvalue weighted by Crippen LogP contribution is 1.94. The summed E-state index contributed by atoms with van der Waals surface area (Å²) in [6.07, 6.45) is 3.75. The van der Waals surface area contributed by atoms with Crippen LogP contribution in [0, 0.1) is 0 Å². The van der Waals surface area contributed by atoms with Gasteiger partial charge in [-0.25, -0.2) is 0 Å². The van der Waals surface area contributed by atoms with Crippen LogP contribution in [0.4, 0.5) is 0 Å². The van der Waals surface area contributed by atoms with Crippen molar-refractivity contribution in [2.24, 2.45) is 0 Å². The fourth-order valence-corrected chi connectivity index (χ4v) is 1.12. The fraction of sp³-hybridized carbons (Fsp3) is 0.438. The van der Waals surface area contributed by atoms with Gasteiger partial charge < -0.3 is 24.8 Å². The summed E-state index contributed by atoms with van der Waals surface area (Å²) in [5, 5.41) is 7.78. The van der Waals surface area contributed by atoms with Gasteiger partial charge in [0.1, 0.15) is 25.9 Å². The standard InChI is InChI=1S/C13H23N3O5.C3H4O/c1-4-12(17)15-9-20-7-11(6-19-8-14-3)21-10-16-13(18)5-2;1-2-3-4/h4-5,11,14H,1-2,6-10H2,3H3,(H,15,17)(H,16,18);2-3H,1H2. The molecule has 0 aliphatic carbocycles. The van der Waals surface area contributed by atoms with Crippen molar-refractivity contribution in [1.82, 2.24) is 16.0 Å². The number of rotatable bonds is 14. The summed E-state index contributed by atoms with van der Waals surface area (Å²) in [5.41, 5.74) is 0. The van der Waals surface area contributed by atoms with E-state index in [0.717, 1.165) is 12.2 Å². The van der Waals surface area contributed by atoms with Crippen LogP contribution in [0.15, 0.2) is 38.0 Å². The number of ether oxygens (including phenoxy) is 3. The molecule has 0 heterocycles. The first-order valence-electron chi connectivity index (χ1n) is 7.34. The Morgan fingerprint density at radius 2 is 1.44 bits per heavy atom. The highest BCUT2D eigenvalue weighted by atomic mass is 16.6. The Balaban J connectivity index is 0. The molecule has 0 aromatic rings. The molecule has 0 aromatic carbocycles. The number of carbonyl (C=O) groups excluding carboxylic acids is 3. The predicted octanol–water partition coefficient (Wildman–Crippen LogP) is -0.528. The fourth-order valence-electron chi connectivity index (χ4n) is 1.12. The van der Waals surface area contributed by atoms with E-state index in [9.17, 15) is 9.59 Å². The molecule has 0 radical (unpaired) electrons. The Hall–Kier alpha value is -2.33. The van der Waals surface area contributed by atoms with Gasteiger partial charge in [0.2, 0.25) is 11.8 Å². The first kappa shape index (κ1) is 24.9. The smallest absolute Gasteiger partial charge is 0.245 e. The van der Waals surface area contributed by atoms with Gasteiger partial charge in [0.05, 0.1) is 19.9 Å². The quantitative estimate of drug-likeness (QED) is 0.166. The molecule has 1 atom stereocenters. The summed E-state index contributed by atoms with van der Waals surface area (Å²) >= 11 is 0. The maximum absolute atomic E-state index is 11.0. The highest BCUT2D eigenvalue weighted by Gasteiger charge is 2.10. The van der Waals surface area contributed by atoms with Crippen LogP contribution in [0.3, 0.4) is 0 Å². The molecule has 3 N–H and O–H groups in total. The van der Waals surface area contributed by atoms with Crippen molar-refractivity contribution in [3.8, 4) is 0 Å². The van der Waals surface area contributed by atoms with Crippen LogP contribution in [0.2, 0.25) is 0 Å². The van der Waals surface area contributed by atoms with E-state index in [1.165, 1.54) is 6.08 Å². The van der Waals surface area contributed by atoms with Crippen molar-refractivity contribution in [1.29, 1.82) is 0 Å². The zero-order chi connectivity index (χ0) is 19.3. The van der Waals surface area contributed by atoms with E-state index in [1.54, 1.807) is 7.05 Å². The Morgan fingerprint density at radius 3 is 1.88 bits per heavy atom. The van der Waals surface area contributed by atoms with Crippen LogP contribution in [0.25, 0.3) is 0 Å². The third-order valence-electron chi connectivity index (χ3n) is 2.23. The van der Waals surface area contributed by atoms with E-state index >= 15 is 0 Å².